The molecule has 0 fully saturated rings. The van der Waals surface area contributed by atoms with Crippen LogP contribution in [0.4, 0.5) is 0 Å². The van der Waals surface area contributed by atoms with Gasteiger partial charge >= 0.3 is 0 Å². The van der Waals surface area contributed by atoms with Crippen LogP contribution in [0.1, 0.15) is 45.7 Å². The Morgan fingerprint density at radius 3 is 1.91 bits per heavy atom. The lowest BCUT2D eigenvalue weighted by Crippen LogP contribution is -2.50. The van der Waals surface area contributed by atoms with Crippen molar-refractivity contribution in [2.45, 2.75) is 78.2 Å². The number of rotatable bonds is 13. The van der Waals surface area contributed by atoms with E-state index in [-0.39, 0.29) is 23.9 Å². The van der Waals surface area contributed by atoms with Crippen molar-refractivity contribution in [3.63, 3.8) is 0 Å². The van der Waals surface area contributed by atoms with E-state index in [2.05, 4.69) is 46.0 Å². The zero-order valence-corrected chi connectivity index (χ0v) is 23.3. The Bertz CT molecular complexity index is 843. The summed E-state index contributed by atoms with van der Waals surface area (Å²) in [4.78, 5) is 0. The van der Waals surface area contributed by atoms with Crippen molar-refractivity contribution in [3.05, 3.63) is 65.7 Å². The van der Waals surface area contributed by atoms with Crippen LogP contribution in [0.3, 0.4) is 0 Å². The summed E-state index contributed by atoms with van der Waals surface area (Å²) in [6, 6.07) is 18.0. The molecule has 2 aromatic rings. The molecule has 0 spiro atoms. The molecule has 2 aromatic carbocycles. The third-order valence-electron chi connectivity index (χ3n) is 6.83. The van der Waals surface area contributed by atoms with E-state index in [1.165, 1.54) is 0 Å². The first-order chi connectivity index (χ1) is 15.9. The summed E-state index contributed by atoms with van der Waals surface area (Å²) in [5.74, 6) is 0.808. The number of aliphatic hydroxyl groups excluding tert-OH is 1. The zero-order chi connectivity index (χ0) is 25.4. The first-order valence-electron chi connectivity index (χ1n) is 12.0. The van der Waals surface area contributed by atoms with Gasteiger partial charge in [0, 0.05) is 5.41 Å². The van der Waals surface area contributed by atoms with Gasteiger partial charge < -0.3 is 23.7 Å². The molecule has 0 aliphatic carbocycles. The summed E-state index contributed by atoms with van der Waals surface area (Å²) >= 11 is 0. The highest BCUT2D eigenvalue weighted by Gasteiger charge is 2.41. The summed E-state index contributed by atoms with van der Waals surface area (Å²) in [5.41, 5.74) is 1.60. The van der Waals surface area contributed by atoms with Gasteiger partial charge in [0.25, 0.3) is 0 Å². The Morgan fingerprint density at radius 1 is 0.824 bits per heavy atom. The summed E-state index contributed by atoms with van der Waals surface area (Å²) < 4.78 is 24.8. The highest BCUT2D eigenvalue weighted by Crippen LogP contribution is 2.37. The molecule has 0 saturated carbocycles. The van der Waals surface area contributed by atoms with Crippen molar-refractivity contribution in [3.8, 4) is 5.75 Å². The predicted molar refractivity (Wildman–Crippen MR) is 141 cm³/mol. The quantitative estimate of drug-likeness (QED) is 0.340. The average molecular weight is 489 g/mol. The van der Waals surface area contributed by atoms with Gasteiger partial charge in [0.2, 0.25) is 0 Å². The largest absolute Gasteiger partial charge is 0.497 e. The van der Waals surface area contributed by atoms with E-state index in [1.807, 2.05) is 56.3 Å². The van der Waals surface area contributed by atoms with Gasteiger partial charge in [-0.2, -0.15) is 0 Å². The van der Waals surface area contributed by atoms with Crippen molar-refractivity contribution < 1.29 is 23.7 Å². The second kappa shape index (κ2) is 12.3. The monoisotopic (exact) mass is 488 g/mol. The molecule has 2 rings (SSSR count). The van der Waals surface area contributed by atoms with E-state index in [0.717, 1.165) is 16.9 Å². The van der Waals surface area contributed by atoms with Crippen LogP contribution in [-0.4, -0.2) is 46.0 Å². The van der Waals surface area contributed by atoms with E-state index < -0.39 is 13.7 Å². The first-order valence-corrected chi connectivity index (χ1v) is 15.0. The van der Waals surface area contributed by atoms with Crippen LogP contribution in [0, 0.1) is 5.41 Å². The fraction of sp³-hybridized carbons (Fsp3) is 0.571. The van der Waals surface area contributed by atoms with Gasteiger partial charge in [-0.15, -0.1) is 0 Å². The molecule has 0 bridgehead atoms. The number of benzene rings is 2. The van der Waals surface area contributed by atoms with Gasteiger partial charge in [-0.1, -0.05) is 77.1 Å². The van der Waals surface area contributed by atoms with Gasteiger partial charge in [0.05, 0.1) is 39.6 Å². The fourth-order valence-corrected chi connectivity index (χ4v) is 4.36. The van der Waals surface area contributed by atoms with Gasteiger partial charge in [-0.25, -0.2) is 0 Å². The minimum absolute atomic E-state index is 0.0223. The summed E-state index contributed by atoms with van der Waals surface area (Å²) in [6.45, 7) is 16.5. The molecule has 190 valence electrons. The molecular weight excluding hydrogens is 444 g/mol. The predicted octanol–water partition coefficient (Wildman–Crippen LogP) is 6.21. The topological polar surface area (TPSA) is 57.2 Å². The van der Waals surface area contributed by atoms with Gasteiger partial charge in [-0.3, -0.25) is 0 Å². The molecule has 0 saturated heterocycles. The Morgan fingerprint density at radius 2 is 1.38 bits per heavy atom. The van der Waals surface area contributed by atoms with Crippen LogP contribution in [0.15, 0.2) is 54.6 Å². The van der Waals surface area contributed by atoms with Crippen molar-refractivity contribution in [1.82, 2.24) is 0 Å². The van der Waals surface area contributed by atoms with Crippen LogP contribution in [0.25, 0.3) is 0 Å². The lowest BCUT2D eigenvalue weighted by atomic mass is 9.84. The van der Waals surface area contributed by atoms with Crippen molar-refractivity contribution >= 4 is 8.32 Å². The molecule has 0 aromatic heterocycles. The van der Waals surface area contributed by atoms with Crippen LogP contribution < -0.4 is 4.74 Å². The molecule has 34 heavy (non-hydrogen) atoms. The maximum absolute atomic E-state index is 10.2. The van der Waals surface area contributed by atoms with E-state index in [0.29, 0.717) is 19.8 Å². The molecule has 0 heterocycles. The molecule has 0 amide bonds. The highest BCUT2D eigenvalue weighted by molar-refractivity contribution is 6.74. The fourth-order valence-electron chi connectivity index (χ4n) is 3.34. The second-order valence-corrected chi connectivity index (χ2v) is 15.9. The van der Waals surface area contributed by atoms with Crippen molar-refractivity contribution in [1.29, 1.82) is 0 Å². The highest BCUT2D eigenvalue weighted by atomic mass is 28.4. The summed E-state index contributed by atoms with van der Waals surface area (Å²) in [7, 11) is -0.345. The molecule has 1 N–H and O–H groups in total. The van der Waals surface area contributed by atoms with E-state index in [1.54, 1.807) is 7.11 Å². The number of methoxy groups -OCH3 is 1. The van der Waals surface area contributed by atoms with Gasteiger partial charge in [0.1, 0.15) is 11.9 Å². The Hall–Kier alpha value is -1.70. The zero-order valence-electron chi connectivity index (χ0n) is 22.3. The number of hydrogen-bond acceptors (Lipinski definition) is 5. The minimum atomic E-state index is -2.00. The maximum atomic E-state index is 10.2. The Kier molecular flexibility index (Phi) is 10.3. The molecule has 0 radical (unpaired) electrons. The molecular formula is C28H44O5Si. The van der Waals surface area contributed by atoms with Crippen LogP contribution in [0.2, 0.25) is 18.1 Å². The van der Waals surface area contributed by atoms with Crippen molar-refractivity contribution in [2.75, 3.05) is 20.3 Å². The number of aliphatic hydroxyl groups is 1. The second-order valence-electron chi connectivity index (χ2n) is 11.1. The SMILES string of the molecule is COc1ccc(CO[C@@H]([C@H](CO[Si](C)(C)C(C)(C)C)OCc2ccccc2)C(C)(C)CO)cc1. The Balaban J connectivity index is 2.25. The van der Waals surface area contributed by atoms with E-state index in [4.69, 9.17) is 18.6 Å². The molecule has 5 nitrogen and oxygen atoms in total. The smallest absolute Gasteiger partial charge is 0.192 e. The Labute approximate surface area is 207 Å². The molecule has 6 heteroatoms. The number of hydrogen-bond donors (Lipinski definition) is 1. The third kappa shape index (κ3) is 8.20. The summed E-state index contributed by atoms with van der Waals surface area (Å²) in [6.07, 6.45) is -0.706. The molecule has 0 unspecified atom stereocenters. The third-order valence-corrected chi connectivity index (χ3v) is 11.3. The first kappa shape index (κ1) is 28.5. The minimum Gasteiger partial charge on any atom is -0.497 e. The average Bonchev–Trinajstić information content (AvgIpc) is 2.80. The van der Waals surface area contributed by atoms with Gasteiger partial charge in [0.15, 0.2) is 8.32 Å². The normalized spacial score (nSPS) is 14.6. The van der Waals surface area contributed by atoms with E-state index >= 15 is 0 Å². The maximum Gasteiger partial charge on any atom is 0.192 e. The molecule has 0 aliphatic rings. The number of ether oxygens (including phenoxy) is 3. The standard InChI is InChI=1S/C28H44O5Si/c1-27(2,3)34(7,8)33-20-25(31-18-22-12-10-9-11-13-22)26(28(4,5)21-29)32-19-23-14-16-24(30-6)17-15-23/h9-17,25-26,29H,18-21H2,1-8H3/t25-,26-/m0/s1. The molecule has 2 atom stereocenters. The van der Waals surface area contributed by atoms with Crippen LogP contribution in [0.5, 0.6) is 5.75 Å². The molecule has 0 aliphatic heterocycles. The van der Waals surface area contributed by atoms with Crippen LogP contribution >= 0.6 is 0 Å². The summed E-state index contributed by atoms with van der Waals surface area (Å²) in [5, 5.41) is 10.3. The lowest BCUT2D eigenvalue weighted by molar-refractivity contribution is -0.153. The van der Waals surface area contributed by atoms with Crippen molar-refractivity contribution in [2.24, 2.45) is 5.41 Å². The lowest BCUT2D eigenvalue weighted by Gasteiger charge is -2.41. The van der Waals surface area contributed by atoms with E-state index in [9.17, 15) is 5.11 Å². The van der Waals surface area contributed by atoms with Gasteiger partial charge in [-0.05, 0) is 41.4 Å². The van der Waals surface area contributed by atoms with Crippen LogP contribution in [-0.2, 0) is 27.1 Å².